The number of anilines is 1. The summed E-state index contributed by atoms with van der Waals surface area (Å²) in [6.07, 6.45) is 2.10. The molecule has 0 saturated carbocycles. The van der Waals surface area contributed by atoms with Crippen LogP contribution in [0, 0.1) is 5.82 Å². The normalized spacial score (nSPS) is 9.64. The Morgan fingerprint density at radius 1 is 1.36 bits per heavy atom. The summed E-state index contributed by atoms with van der Waals surface area (Å²) in [5, 5.41) is 0. The fourth-order valence-corrected chi connectivity index (χ4v) is 1.24. The van der Waals surface area contributed by atoms with Crippen LogP contribution in [0.15, 0.2) is 18.7 Å². The van der Waals surface area contributed by atoms with Crippen molar-refractivity contribution in [1.29, 1.82) is 0 Å². The molecule has 0 aromatic heterocycles. The smallest absolute Gasteiger partial charge is 0.153 e. The van der Waals surface area contributed by atoms with E-state index in [-0.39, 0.29) is 5.56 Å². The minimum atomic E-state index is -0.505. The van der Waals surface area contributed by atoms with Gasteiger partial charge in [0.25, 0.3) is 0 Å². The van der Waals surface area contributed by atoms with Gasteiger partial charge in [0, 0.05) is 19.8 Å². The van der Waals surface area contributed by atoms with Crippen molar-refractivity contribution in [3.63, 3.8) is 0 Å². The number of halogens is 1. The average molecular weight is 193 g/mol. The molecule has 2 nitrogen and oxygen atoms in total. The zero-order valence-corrected chi connectivity index (χ0v) is 8.25. The van der Waals surface area contributed by atoms with E-state index in [0.29, 0.717) is 12.0 Å². The van der Waals surface area contributed by atoms with Gasteiger partial charge in [0.2, 0.25) is 0 Å². The largest absolute Gasteiger partial charge is 0.377 e. The van der Waals surface area contributed by atoms with Crippen LogP contribution in [0.5, 0.6) is 0 Å². The predicted molar refractivity (Wildman–Crippen MR) is 56.2 cm³/mol. The highest BCUT2D eigenvalue weighted by Gasteiger charge is 2.08. The second-order valence-electron chi connectivity index (χ2n) is 3.15. The Bertz CT molecular complexity index is 372. The van der Waals surface area contributed by atoms with Crippen LogP contribution >= 0.6 is 0 Å². The third-order valence-corrected chi connectivity index (χ3v) is 1.97. The van der Waals surface area contributed by atoms with Crippen molar-refractivity contribution < 1.29 is 9.18 Å². The molecule has 0 aliphatic rings. The molecule has 3 heteroatoms. The molecule has 0 radical (unpaired) electrons. The molecule has 0 fully saturated rings. The lowest BCUT2D eigenvalue weighted by Crippen LogP contribution is -2.11. The van der Waals surface area contributed by atoms with Crippen molar-refractivity contribution in [2.24, 2.45) is 0 Å². The molecule has 0 aliphatic carbocycles. The Morgan fingerprint density at radius 2 is 2.00 bits per heavy atom. The van der Waals surface area contributed by atoms with Gasteiger partial charge in [-0.15, -0.1) is 0 Å². The second-order valence-corrected chi connectivity index (χ2v) is 3.15. The van der Waals surface area contributed by atoms with Crippen LogP contribution in [-0.2, 0) is 0 Å². The lowest BCUT2D eigenvalue weighted by Gasteiger charge is -2.16. The maximum Gasteiger partial charge on any atom is 0.153 e. The monoisotopic (exact) mass is 193 g/mol. The van der Waals surface area contributed by atoms with Crippen molar-refractivity contribution in [3.05, 3.63) is 35.7 Å². The first-order chi connectivity index (χ1) is 6.60. The third-order valence-electron chi connectivity index (χ3n) is 1.97. The Morgan fingerprint density at radius 3 is 2.43 bits per heavy atom. The van der Waals surface area contributed by atoms with Crippen molar-refractivity contribution >= 4 is 18.0 Å². The van der Waals surface area contributed by atoms with Crippen molar-refractivity contribution in [2.75, 3.05) is 19.0 Å². The molecule has 0 aliphatic heterocycles. The van der Waals surface area contributed by atoms with Gasteiger partial charge in [0.05, 0.1) is 5.56 Å². The summed E-state index contributed by atoms with van der Waals surface area (Å²) < 4.78 is 13.2. The van der Waals surface area contributed by atoms with Gasteiger partial charge >= 0.3 is 0 Å². The van der Waals surface area contributed by atoms with Crippen molar-refractivity contribution in [1.82, 2.24) is 0 Å². The number of hydrogen-bond acceptors (Lipinski definition) is 2. The van der Waals surface area contributed by atoms with E-state index in [2.05, 4.69) is 6.58 Å². The standard InChI is InChI=1S/C11H12FNO/c1-4-8-5-9(7-14)10(12)6-11(8)13(2)3/h4-7H,1H2,2-3H3. The quantitative estimate of drug-likeness (QED) is 0.687. The number of nitrogens with zero attached hydrogens (tertiary/aromatic N) is 1. The summed E-state index contributed by atoms with van der Waals surface area (Å²) in [5.74, 6) is -0.505. The van der Waals surface area contributed by atoms with Crippen LogP contribution in [0.25, 0.3) is 6.08 Å². The average Bonchev–Trinajstić information content (AvgIpc) is 2.17. The second kappa shape index (κ2) is 4.05. The van der Waals surface area contributed by atoms with Crippen LogP contribution in [0.2, 0.25) is 0 Å². The van der Waals surface area contributed by atoms with Gasteiger partial charge in [-0.3, -0.25) is 4.79 Å². The van der Waals surface area contributed by atoms with Crippen molar-refractivity contribution in [3.8, 4) is 0 Å². The molecule has 0 unspecified atom stereocenters. The molecule has 0 saturated heterocycles. The number of rotatable bonds is 3. The van der Waals surface area contributed by atoms with E-state index in [1.54, 1.807) is 11.0 Å². The maximum atomic E-state index is 13.2. The molecular formula is C11H12FNO. The van der Waals surface area contributed by atoms with E-state index in [4.69, 9.17) is 0 Å². The Hall–Kier alpha value is -1.64. The van der Waals surface area contributed by atoms with E-state index in [1.165, 1.54) is 12.1 Å². The highest BCUT2D eigenvalue weighted by molar-refractivity contribution is 5.80. The molecule has 14 heavy (non-hydrogen) atoms. The SMILES string of the molecule is C=Cc1cc(C=O)c(F)cc1N(C)C. The molecule has 0 heterocycles. The van der Waals surface area contributed by atoms with Gasteiger partial charge in [-0.2, -0.15) is 0 Å². The molecule has 0 N–H and O–H groups in total. The summed E-state index contributed by atoms with van der Waals surface area (Å²) in [5.41, 5.74) is 1.52. The first-order valence-corrected chi connectivity index (χ1v) is 4.18. The van der Waals surface area contributed by atoms with E-state index in [1.807, 2.05) is 14.1 Å². The summed E-state index contributed by atoms with van der Waals surface area (Å²) in [7, 11) is 3.62. The maximum absolute atomic E-state index is 13.2. The lowest BCUT2D eigenvalue weighted by atomic mass is 10.1. The Kier molecular flexibility index (Phi) is 3.02. The molecule has 1 aromatic carbocycles. The topological polar surface area (TPSA) is 20.3 Å². The summed E-state index contributed by atoms with van der Waals surface area (Å²) >= 11 is 0. The molecule has 0 bridgehead atoms. The number of carbonyl (C=O) groups is 1. The fourth-order valence-electron chi connectivity index (χ4n) is 1.24. The molecule has 0 amide bonds. The molecule has 1 aromatic rings. The highest BCUT2D eigenvalue weighted by Crippen LogP contribution is 2.23. The zero-order chi connectivity index (χ0) is 10.7. The highest BCUT2D eigenvalue weighted by atomic mass is 19.1. The molecular weight excluding hydrogens is 181 g/mol. The zero-order valence-electron chi connectivity index (χ0n) is 8.25. The summed E-state index contributed by atoms with van der Waals surface area (Å²) in [6, 6.07) is 2.82. The lowest BCUT2D eigenvalue weighted by molar-refractivity contribution is 0.112. The number of benzene rings is 1. The van der Waals surface area contributed by atoms with Crippen molar-refractivity contribution in [2.45, 2.75) is 0 Å². The molecule has 0 atom stereocenters. The van der Waals surface area contributed by atoms with E-state index in [9.17, 15) is 9.18 Å². The molecule has 1 rings (SSSR count). The van der Waals surface area contributed by atoms with Gasteiger partial charge in [-0.1, -0.05) is 12.7 Å². The van der Waals surface area contributed by atoms with Crippen LogP contribution in [-0.4, -0.2) is 20.4 Å². The third kappa shape index (κ3) is 1.82. The van der Waals surface area contributed by atoms with Gasteiger partial charge in [0.15, 0.2) is 6.29 Å². The summed E-state index contributed by atoms with van der Waals surface area (Å²) in [6.45, 7) is 3.61. The van der Waals surface area contributed by atoms with Gasteiger partial charge in [-0.25, -0.2) is 4.39 Å². The molecule has 0 spiro atoms. The van der Waals surface area contributed by atoms with Gasteiger partial charge in [0.1, 0.15) is 5.82 Å². The number of carbonyl (C=O) groups excluding carboxylic acids is 1. The van der Waals surface area contributed by atoms with Crippen LogP contribution in [0.3, 0.4) is 0 Å². The van der Waals surface area contributed by atoms with Gasteiger partial charge in [-0.05, 0) is 17.7 Å². The van der Waals surface area contributed by atoms with Gasteiger partial charge < -0.3 is 4.90 Å². The Balaban J connectivity index is 3.38. The minimum absolute atomic E-state index is 0.0606. The molecule has 74 valence electrons. The first kappa shape index (κ1) is 10.4. The minimum Gasteiger partial charge on any atom is -0.377 e. The summed E-state index contributed by atoms with van der Waals surface area (Å²) in [4.78, 5) is 12.3. The number of hydrogen-bond donors (Lipinski definition) is 0. The van der Waals surface area contributed by atoms with E-state index < -0.39 is 5.82 Å². The van der Waals surface area contributed by atoms with Crippen LogP contribution < -0.4 is 4.90 Å². The first-order valence-electron chi connectivity index (χ1n) is 4.18. The Labute approximate surface area is 82.7 Å². The number of aldehydes is 1. The van der Waals surface area contributed by atoms with E-state index in [0.717, 1.165) is 5.56 Å². The van der Waals surface area contributed by atoms with E-state index >= 15 is 0 Å². The van der Waals surface area contributed by atoms with Crippen LogP contribution in [0.1, 0.15) is 15.9 Å². The predicted octanol–water partition coefficient (Wildman–Crippen LogP) is 2.35. The fraction of sp³-hybridized carbons (Fsp3) is 0.182. The van der Waals surface area contributed by atoms with Crippen LogP contribution in [0.4, 0.5) is 10.1 Å².